The monoisotopic (exact) mass is 312 g/mol. The Hall–Kier alpha value is -1.64. The number of carbonyl (C=O) groups excluding carboxylic acids is 1. The second-order valence-corrected chi connectivity index (χ2v) is 7.33. The highest BCUT2D eigenvalue weighted by Crippen LogP contribution is 2.31. The topological polar surface area (TPSA) is 41.5 Å². The third kappa shape index (κ3) is 3.82. The Morgan fingerprint density at radius 2 is 2.04 bits per heavy atom. The molecule has 1 heterocycles. The number of nitrogens with zero attached hydrogens (tertiary/aromatic N) is 1. The number of fused-ring (bicyclic) bond motifs is 1. The fourth-order valence-electron chi connectivity index (χ4n) is 3.68. The van der Waals surface area contributed by atoms with Crippen LogP contribution in [0, 0.1) is 11.8 Å². The second-order valence-electron chi connectivity index (χ2n) is 7.33. The molecule has 2 aliphatic rings. The number of hydrogen-bond donors (Lipinski definition) is 1. The van der Waals surface area contributed by atoms with Crippen molar-refractivity contribution in [2.24, 2.45) is 16.8 Å². The maximum atomic E-state index is 12.4. The number of rotatable bonds is 4. The van der Waals surface area contributed by atoms with Crippen LogP contribution in [0.25, 0.3) is 0 Å². The van der Waals surface area contributed by atoms with Gasteiger partial charge in [-0.2, -0.15) is 0 Å². The molecule has 3 rings (SSSR count). The summed E-state index contributed by atoms with van der Waals surface area (Å²) in [4.78, 5) is 17.2. The maximum Gasteiger partial charge on any atom is 0.251 e. The SMILES string of the molecule is CC(C)CNC(=O)c1ccc2c(c1)C(C1CCCCC1)=NCC2. The Labute approximate surface area is 139 Å². The number of nitrogens with one attached hydrogen (secondary N) is 1. The molecule has 1 N–H and O–H groups in total. The standard InChI is InChI=1S/C20H28N2O/c1-14(2)13-22-20(23)17-9-8-15-10-11-21-19(18(15)12-17)16-6-4-3-5-7-16/h8-9,12,14,16H,3-7,10-11,13H2,1-2H3,(H,22,23). The first kappa shape index (κ1) is 16.2. The Kier molecular flexibility index (Phi) is 5.14. The zero-order chi connectivity index (χ0) is 16.2. The van der Waals surface area contributed by atoms with Crippen LogP contribution in [0.1, 0.15) is 67.4 Å². The van der Waals surface area contributed by atoms with Gasteiger partial charge < -0.3 is 5.32 Å². The van der Waals surface area contributed by atoms with Gasteiger partial charge in [0, 0.05) is 30.3 Å². The van der Waals surface area contributed by atoms with Crippen LogP contribution in [0.5, 0.6) is 0 Å². The molecule has 1 aromatic carbocycles. The zero-order valence-electron chi connectivity index (χ0n) is 14.4. The second kappa shape index (κ2) is 7.29. The van der Waals surface area contributed by atoms with Crippen molar-refractivity contribution in [3.63, 3.8) is 0 Å². The van der Waals surface area contributed by atoms with Crippen molar-refractivity contribution in [1.82, 2.24) is 5.32 Å². The predicted molar refractivity (Wildman–Crippen MR) is 95.3 cm³/mol. The fraction of sp³-hybridized carbons (Fsp3) is 0.600. The summed E-state index contributed by atoms with van der Waals surface area (Å²) in [6, 6.07) is 6.19. The number of carbonyl (C=O) groups is 1. The quantitative estimate of drug-likeness (QED) is 0.897. The molecular weight excluding hydrogens is 284 g/mol. The summed E-state index contributed by atoms with van der Waals surface area (Å²) in [6.07, 6.45) is 7.49. The minimum atomic E-state index is 0.0371. The molecule has 0 unspecified atom stereocenters. The molecule has 0 atom stereocenters. The van der Waals surface area contributed by atoms with E-state index < -0.39 is 0 Å². The first-order chi connectivity index (χ1) is 11.1. The largest absolute Gasteiger partial charge is 0.352 e. The maximum absolute atomic E-state index is 12.4. The van der Waals surface area contributed by atoms with Crippen molar-refractivity contribution in [3.8, 4) is 0 Å². The molecule has 1 amide bonds. The smallest absolute Gasteiger partial charge is 0.251 e. The van der Waals surface area contributed by atoms with Crippen LogP contribution < -0.4 is 5.32 Å². The predicted octanol–water partition coefficient (Wildman–Crippen LogP) is 4.00. The van der Waals surface area contributed by atoms with Crippen molar-refractivity contribution in [2.75, 3.05) is 13.1 Å². The van der Waals surface area contributed by atoms with E-state index >= 15 is 0 Å². The lowest BCUT2D eigenvalue weighted by atomic mass is 9.80. The molecule has 3 heteroatoms. The fourth-order valence-corrected chi connectivity index (χ4v) is 3.68. The molecule has 124 valence electrons. The first-order valence-corrected chi connectivity index (χ1v) is 9.11. The van der Waals surface area contributed by atoms with Crippen LogP contribution in [0.15, 0.2) is 23.2 Å². The average Bonchev–Trinajstić information content (AvgIpc) is 2.59. The molecule has 1 aliphatic heterocycles. The summed E-state index contributed by atoms with van der Waals surface area (Å²) in [5.74, 6) is 1.10. The van der Waals surface area contributed by atoms with Crippen LogP contribution in [0.2, 0.25) is 0 Å². The van der Waals surface area contributed by atoms with Crippen LogP contribution in [0.3, 0.4) is 0 Å². The van der Waals surface area contributed by atoms with Crippen molar-refractivity contribution >= 4 is 11.6 Å². The molecule has 0 saturated heterocycles. The molecule has 0 aromatic heterocycles. The van der Waals surface area contributed by atoms with E-state index in [1.807, 2.05) is 6.07 Å². The Morgan fingerprint density at radius 3 is 2.78 bits per heavy atom. The molecular formula is C20H28N2O. The van der Waals surface area contributed by atoms with Crippen molar-refractivity contribution in [2.45, 2.75) is 52.4 Å². The molecule has 0 bridgehead atoms. The lowest BCUT2D eigenvalue weighted by Gasteiger charge is -2.27. The third-order valence-electron chi connectivity index (χ3n) is 4.97. The van der Waals surface area contributed by atoms with Crippen LogP contribution in [-0.4, -0.2) is 24.7 Å². The van der Waals surface area contributed by atoms with Crippen LogP contribution >= 0.6 is 0 Å². The molecule has 1 fully saturated rings. The summed E-state index contributed by atoms with van der Waals surface area (Å²) in [6.45, 7) is 5.85. The Bertz CT molecular complexity index is 598. The number of benzene rings is 1. The van der Waals surface area contributed by atoms with E-state index in [-0.39, 0.29) is 5.91 Å². The van der Waals surface area contributed by atoms with Gasteiger partial charge in [-0.05, 0) is 48.4 Å². The molecule has 1 aliphatic carbocycles. The van der Waals surface area contributed by atoms with E-state index in [1.54, 1.807) is 0 Å². The number of aliphatic imine (C=N–C) groups is 1. The van der Waals surface area contributed by atoms with E-state index in [0.29, 0.717) is 11.8 Å². The van der Waals surface area contributed by atoms with E-state index in [1.165, 1.54) is 48.9 Å². The van der Waals surface area contributed by atoms with E-state index in [9.17, 15) is 4.79 Å². The van der Waals surface area contributed by atoms with Crippen LogP contribution in [0.4, 0.5) is 0 Å². The first-order valence-electron chi connectivity index (χ1n) is 9.11. The molecule has 0 spiro atoms. The average molecular weight is 312 g/mol. The minimum absolute atomic E-state index is 0.0371. The molecule has 0 radical (unpaired) electrons. The lowest BCUT2D eigenvalue weighted by molar-refractivity contribution is 0.0949. The van der Waals surface area contributed by atoms with Crippen LogP contribution in [-0.2, 0) is 6.42 Å². The van der Waals surface area contributed by atoms with E-state index in [0.717, 1.165) is 25.1 Å². The summed E-state index contributed by atoms with van der Waals surface area (Å²) >= 11 is 0. The molecule has 3 nitrogen and oxygen atoms in total. The van der Waals surface area contributed by atoms with Gasteiger partial charge in [0.2, 0.25) is 0 Å². The molecule has 1 saturated carbocycles. The summed E-state index contributed by atoms with van der Waals surface area (Å²) < 4.78 is 0. The highest BCUT2D eigenvalue weighted by molar-refractivity contribution is 6.06. The lowest BCUT2D eigenvalue weighted by Crippen LogP contribution is -2.28. The van der Waals surface area contributed by atoms with Crippen molar-refractivity contribution < 1.29 is 4.79 Å². The van der Waals surface area contributed by atoms with Crippen molar-refractivity contribution in [3.05, 3.63) is 34.9 Å². The van der Waals surface area contributed by atoms with Gasteiger partial charge in [0.1, 0.15) is 0 Å². The van der Waals surface area contributed by atoms with Gasteiger partial charge in [0.25, 0.3) is 5.91 Å². The summed E-state index contributed by atoms with van der Waals surface area (Å²) in [5, 5.41) is 3.02. The summed E-state index contributed by atoms with van der Waals surface area (Å²) in [5.41, 5.74) is 4.64. The van der Waals surface area contributed by atoms with Gasteiger partial charge in [-0.25, -0.2) is 0 Å². The van der Waals surface area contributed by atoms with Gasteiger partial charge >= 0.3 is 0 Å². The van der Waals surface area contributed by atoms with E-state index in [4.69, 9.17) is 4.99 Å². The highest BCUT2D eigenvalue weighted by Gasteiger charge is 2.25. The van der Waals surface area contributed by atoms with Crippen molar-refractivity contribution in [1.29, 1.82) is 0 Å². The van der Waals surface area contributed by atoms with Gasteiger partial charge in [-0.15, -0.1) is 0 Å². The van der Waals surface area contributed by atoms with Gasteiger partial charge in [0.05, 0.1) is 0 Å². The Balaban J connectivity index is 1.82. The highest BCUT2D eigenvalue weighted by atomic mass is 16.1. The number of hydrogen-bond acceptors (Lipinski definition) is 2. The van der Waals surface area contributed by atoms with E-state index in [2.05, 4.69) is 31.3 Å². The molecule has 23 heavy (non-hydrogen) atoms. The minimum Gasteiger partial charge on any atom is -0.352 e. The normalized spacial score (nSPS) is 18.5. The zero-order valence-corrected chi connectivity index (χ0v) is 14.4. The molecule has 1 aromatic rings. The van der Waals surface area contributed by atoms with Gasteiger partial charge in [-0.1, -0.05) is 39.2 Å². The number of amides is 1. The third-order valence-corrected chi connectivity index (χ3v) is 4.97. The Morgan fingerprint density at radius 1 is 1.26 bits per heavy atom. The van der Waals surface area contributed by atoms with Gasteiger partial charge in [-0.3, -0.25) is 9.79 Å². The summed E-state index contributed by atoms with van der Waals surface area (Å²) in [7, 11) is 0. The van der Waals surface area contributed by atoms with Gasteiger partial charge in [0.15, 0.2) is 0 Å².